The summed E-state index contributed by atoms with van der Waals surface area (Å²) < 4.78 is 1.22. The molecule has 0 amide bonds. The summed E-state index contributed by atoms with van der Waals surface area (Å²) in [7, 11) is 0. The van der Waals surface area contributed by atoms with Crippen LogP contribution in [0.25, 0.3) is 0 Å². The highest BCUT2D eigenvalue weighted by molar-refractivity contribution is 14.1. The molecule has 1 aliphatic heterocycles. The molecule has 1 heterocycles. The Balaban J connectivity index is 2.45. The third-order valence-electron chi connectivity index (χ3n) is 0.549. The Labute approximate surface area is 54.7 Å². The minimum absolute atomic E-state index is 1.03. The first kappa shape index (κ1) is 4.90. The van der Waals surface area contributed by atoms with Crippen molar-refractivity contribution in [2.24, 2.45) is 4.99 Å². The summed E-state index contributed by atoms with van der Waals surface area (Å²) in [5, 5.41) is 0. The molecule has 1 aliphatic rings. The molecule has 0 N–H and O–H groups in total. The first-order chi connectivity index (χ1) is 2.89. The van der Waals surface area contributed by atoms with Gasteiger partial charge in [-0.2, -0.15) is 0 Å². The Morgan fingerprint density at radius 3 is 2.83 bits per heavy atom. The van der Waals surface area contributed by atoms with Gasteiger partial charge in [-0.1, -0.05) is 11.8 Å². The second-order valence-electron chi connectivity index (χ2n) is 0.983. The summed E-state index contributed by atoms with van der Waals surface area (Å²) in [4.78, 5) is 4.10. The standard InChI is InChI=1S/C3H4INS/c4-3-5-1-2-6-3/h1-2H2. The van der Waals surface area contributed by atoms with Crippen LogP contribution in [0.1, 0.15) is 0 Å². The van der Waals surface area contributed by atoms with Crippen molar-refractivity contribution >= 4 is 37.4 Å². The maximum absolute atomic E-state index is 4.10. The molecule has 0 unspecified atom stereocenters. The Morgan fingerprint density at radius 1 is 1.83 bits per heavy atom. The van der Waals surface area contributed by atoms with E-state index < -0.39 is 0 Å². The lowest BCUT2D eigenvalue weighted by Crippen LogP contribution is -1.69. The van der Waals surface area contributed by atoms with Gasteiger partial charge in [-0.05, 0) is 22.6 Å². The van der Waals surface area contributed by atoms with Gasteiger partial charge in [0.25, 0.3) is 0 Å². The van der Waals surface area contributed by atoms with Gasteiger partial charge in [-0.15, -0.1) is 0 Å². The Bertz CT molecular complexity index is 80.9. The van der Waals surface area contributed by atoms with Gasteiger partial charge in [-0.3, -0.25) is 4.99 Å². The van der Waals surface area contributed by atoms with Crippen LogP contribution in [0.4, 0.5) is 0 Å². The van der Waals surface area contributed by atoms with Crippen molar-refractivity contribution < 1.29 is 0 Å². The van der Waals surface area contributed by atoms with E-state index in [2.05, 4.69) is 27.6 Å². The smallest absolute Gasteiger partial charge is 0.128 e. The van der Waals surface area contributed by atoms with E-state index in [0.29, 0.717) is 0 Å². The zero-order chi connectivity index (χ0) is 4.41. The molecule has 1 nitrogen and oxygen atoms in total. The summed E-state index contributed by atoms with van der Waals surface area (Å²) in [6.07, 6.45) is 0. The van der Waals surface area contributed by atoms with E-state index in [-0.39, 0.29) is 0 Å². The minimum Gasteiger partial charge on any atom is -0.271 e. The van der Waals surface area contributed by atoms with E-state index in [9.17, 15) is 0 Å². The lowest BCUT2D eigenvalue weighted by atomic mass is 10.8. The van der Waals surface area contributed by atoms with Crippen LogP contribution in [0.3, 0.4) is 0 Å². The third-order valence-corrected chi connectivity index (χ3v) is 2.58. The quantitative estimate of drug-likeness (QED) is 0.555. The molecule has 0 fully saturated rings. The molecule has 0 atom stereocenters. The second-order valence-corrected chi connectivity index (χ2v) is 3.82. The maximum atomic E-state index is 4.10. The largest absolute Gasteiger partial charge is 0.271 e. The molecule has 0 aromatic carbocycles. The van der Waals surface area contributed by atoms with Crippen molar-refractivity contribution in [3.63, 3.8) is 0 Å². The van der Waals surface area contributed by atoms with Gasteiger partial charge in [0.05, 0.1) is 6.54 Å². The number of hydrogen-bond acceptors (Lipinski definition) is 2. The highest BCUT2D eigenvalue weighted by atomic mass is 127. The molecule has 3 heteroatoms. The van der Waals surface area contributed by atoms with Crippen molar-refractivity contribution in [1.82, 2.24) is 0 Å². The summed E-state index contributed by atoms with van der Waals surface area (Å²) >= 11 is 4.08. The van der Waals surface area contributed by atoms with Gasteiger partial charge in [0, 0.05) is 5.75 Å². The van der Waals surface area contributed by atoms with Crippen LogP contribution >= 0.6 is 34.4 Å². The number of halogens is 1. The number of hydrogen-bond donors (Lipinski definition) is 0. The van der Waals surface area contributed by atoms with Crippen molar-refractivity contribution in [3.05, 3.63) is 0 Å². The molecule has 0 aliphatic carbocycles. The fourth-order valence-corrected chi connectivity index (χ4v) is 1.74. The summed E-state index contributed by atoms with van der Waals surface area (Å²) in [6.45, 7) is 1.03. The molecule has 0 saturated carbocycles. The molecule has 0 bridgehead atoms. The molecule has 0 saturated heterocycles. The Morgan fingerprint density at radius 2 is 2.67 bits per heavy atom. The average Bonchev–Trinajstić information content (AvgIpc) is 1.86. The maximum Gasteiger partial charge on any atom is 0.128 e. The third kappa shape index (κ3) is 1.11. The first-order valence-corrected chi connectivity index (χ1v) is 3.79. The van der Waals surface area contributed by atoms with E-state index in [1.54, 1.807) is 0 Å². The van der Waals surface area contributed by atoms with Gasteiger partial charge in [0.15, 0.2) is 0 Å². The van der Waals surface area contributed by atoms with Crippen LogP contribution in [0, 0.1) is 0 Å². The highest BCUT2D eigenvalue weighted by Gasteiger charge is 1.99. The molecule has 1 rings (SSSR count). The molecule has 0 aromatic heterocycles. The van der Waals surface area contributed by atoms with Crippen LogP contribution < -0.4 is 0 Å². The zero-order valence-electron chi connectivity index (χ0n) is 3.15. The number of aliphatic imine (C=N–C) groups is 1. The van der Waals surface area contributed by atoms with Crippen molar-refractivity contribution in [2.75, 3.05) is 12.3 Å². The average molecular weight is 213 g/mol. The summed E-state index contributed by atoms with van der Waals surface area (Å²) in [5.41, 5.74) is 0. The van der Waals surface area contributed by atoms with E-state index in [1.165, 1.54) is 8.80 Å². The van der Waals surface area contributed by atoms with Crippen LogP contribution in [-0.2, 0) is 0 Å². The molecule has 6 heavy (non-hydrogen) atoms. The number of nitrogens with zero attached hydrogens (tertiary/aromatic N) is 1. The van der Waals surface area contributed by atoms with E-state index in [0.717, 1.165) is 6.54 Å². The minimum atomic E-state index is 1.03. The SMILES string of the molecule is IC1=NCCS1. The van der Waals surface area contributed by atoms with Crippen LogP contribution in [-0.4, -0.2) is 15.3 Å². The van der Waals surface area contributed by atoms with Crippen LogP contribution in [0.5, 0.6) is 0 Å². The van der Waals surface area contributed by atoms with E-state index in [1.807, 2.05) is 11.8 Å². The number of rotatable bonds is 0. The fourth-order valence-electron chi connectivity index (χ4n) is 0.309. The van der Waals surface area contributed by atoms with Crippen molar-refractivity contribution in [1.29, 1.82) is 0 Å². The first-order valence-electron chi connectivity index (χ1n) is 1.72. The fraction of sp³-hybridized carbons (Fsp3) is 0.667. The van der Waals surface area contributed by atoms with Gasteiger partial charge in [0.2, 0.25) is 0 Å². The van der Waals surface area contributed by atoms with Crippen molar-refractivity contribution in [3.8, 4) is 0 Å². The summed E-state index contributed by atoms with van der Waals surface area (Å²) in [5.74, 6) is 1.19. The number of thioether (sulfide) groups is 1. The van der Waals surface area contributed by atoms with Gasteiger partial charge < -0.3 is 0 Å². The van der Waals surface area contributed by atoms with E-state index in [4.69, 9.17) is 0 Å². The van der Waals surface area contributed by atoms with Crippen molar-refractivity contribution in [2.45, 2.75) is 0 Å². The molecule has 0 aromatic rings. The highest BCUT2D eigenvalue weighted by Crippen LogP contribution is 2.15. The normalized spacial score (nSPS) is 21.2. The van der Waals surface area contributed by atoms with E-state index >= 15 is 0 Å². The van der Waals surface area contributed by atoms with Crippen LogP contribution in [0.2, 0.25) is 0 Å². The van der Waals surface area contributed by atoms with Gasteiger partial charge in [0.1, 0.15) is 3.05 Å². The Hall–Kier alpha value is 0.750. The predicted molar refractivity (Wildman–Crippen MR) is 38.8 cm³/mol. The second kappa shape index (κ2) is 2.16. The molecule has 0 spiro atoms. The monoisotopic (exact) mass is 213 g/mol. The molecular formula is C3H4INS. The zero-order valence-corrected chi connectivity index (χ0v) is 6.12. The van der Waals surface area contributed by atoms with Gasteiger partial charge in [-0.25, -0.2) is 0 Å². The topological polar surface area (TPSA) is 12.4 Å². The lowest BCUT2D eigenvalue weighted by molar-refractivity contribution is 1.18. The molecule has 34 valence electrons. The van der Waals surface area contributed by atoms with Crippen LogP contribution in [0.15, 0.2) is 4.99 Å². The predicted octanol–water partition coefficient (Wildman–Crippen LogP) is 1.52. The van der Waals surface area contributed by atoms with Gasteiger partial charge >= 0.3 is 0 Å². The Kier molecular flexibility index (Phi) is 1.76. The summed E-state index contributed by atoms with van der Waals surface area (Å²) in [6, 6.07) is 0. The lowest BCUT2D eigenvalue weighted by Gasteiger charge is -1.74. The molecule has 0 radical (unpaired) electrons. The molecular weight excluding hydrogens is 209 g/mol.